The molecule has 0 aliphatic carbocycles. The van der Waals surface area contributed by atoms with Gasteiger partial charge in [0.1, 0.15) is 23.0 Å². The summed E-state index contributed by atoms with van der Waals surface area (Å²) in [6.45, 7) is 0. The molecule has 0 aliphatic heterocycles. The number of phenols is 4. The minimum absolute atomic E-state index is 0. The zero-order valence-corrected chi connectivity index (χ0v) is 18.2. The van der Waals surface area contributed by atoms with Gasteiger partial charge in [0, 0.05) is 6.07 Å². The van der Waals surface area contributed by atoms with Crippen LogP contribution in [0.1, 0.15) is 0 Å². The summed E-state index contributed by atoms with van der Waals surface area (Å²) in [7, 11) is -3.80. The fourth-order valence-electron chi connectivity index (χ4n) is 2.15. The topological polar surface area (TPSA) is 219 Å². The Kier molecular flexibility index (Phi) is 9.41. The molecule has 10 nitrogen and oxygen atoms in total. The van der Waals surface area contributed by atoms with Crippen LogP contribution in [0.4, 0.5) is 22.7 Å². The number of aromatic hydroxyl groups is 4. The van der Waals surface area contributed by atoms with Crippen LogP contribution in [-0.4, -0.2) is 28.8 Å². The quantitative estimate of drug-likeness (QED) is 0.148. The maximum Gasteiger partial charge on any atom is 0.206 e. The molecule has 0 aliphatic rings. The summed E-state index contributed by atoms with van der Waals surface area (Å²) in [5.74, 6) is -0.702. The highest BCUT2D eigenvalue weighted by Gasteiger charge is 2.19. The van der Waals surface area contributed by atoms with E-state index >= 15 is 0 Å². The van der Waals surface area contributed by atoms with Gasteiger partial charge in [-0.3, -0.25) is 0 Å². The Morgan fingerprint density at radius 1 is 0.516 bits per heavy atom. The van der Waals surface area contributed by atoms with Gasteiger partial charge in [0.05, 0.1) is 32.5 Å². The number of hydrogen-bond acceptors (Lipinski definition) is 10. The van der Waals surface area contributed by atoms with E-state index in [-0.39, 0.29) is 80.4 Å². The van der Waals surface area contributed by atoms with E-state index in [2.05, 4.69) is 0 Å². The molecule has 0 fully saturated rings. The molecule has 3 aromatic rings. The zero-order valence-electron chi connectivity index (χ0n) is 15.8. The third-order valence-electron chi connectivity index (χ3n) is 3.79. The second-order valence-electron chi connectivity index (χ2n) is 5.91. The van der Waals surface area contributed by atoms with E-state index in [4.69, 9.17) is 33.1 Å². The van der Waals surface area contributed by atoms with Gasteiger partial charge >= 0.3 is 0 Å². The standard InChI is InChI=1S/C12H12N2O4S.C6H8N2O2.2ClH/c13-9-5-7(1-3-11(9)15)19(17,18)8-2-4-12(16)10(14)6-8;7-3-1-4(8)6(10)2-5(3)9;;/h1-6,15-16H,13-14H2;1-2,9-10H,7-8H2;2*1H. The lowest BCUT2D eigenvalue weighted by atomic mass is 10.2. The molecule has 0 heterocycles. The average Bonchev–Trinajstić information content (AvgIpc) is 2.65. The lowest BCUT2D eigenvalue weighted by Crippen LogP contribution is -2.03. The van der Waals surface area contributed by atoms with Crippen molar-refractivity contribution in [2.75, 3.05) is 22.9 Å². The van der Waals surface area contributed by atoms with Crippen LogP contribution < -0.4 is 22.9 Å². The second-order valence-corrected chi connectivity index (χ2v) is 7.86. The van der Waals surface area contributed by atoms with Crippen molar-refractivity contribution in [2.45, 2.75) is 9.79 Å². The van der Waals surface area contributed by atoms with Gasteiger partial charge in [-0.05, 0) is 42.5 Å². The molecule has 0 bridgehead atoms. The number of phenolic OH excluding ortho intramolecular Hbond substituents is 4. The van der Waals surface area contributed by atoms with Crippen LogP contribution in [0.15, 0.2) is 58.3 Å². The fourth-order valence-corrected chi connectivity index (χ4v) is 3.48. The van der Waals surface area contributed by atoms with Crippen LogP contribution in [0, 0.1) is 0 Å². The first-order chi connectivity index (χ1) is 13.4. The highest BCUT2D eigenvalue weighted by molar-refractivity contribution is 7.91. The normalized spacial score (nSPS) is 10.1. The molecule has 0 radical (unpaired) electrons. The van der Waals surface area contributed by atoms with Gasteiger partial charge in [-0.1, -0.05) is 0 Å². The van der Waals surface area contributed by atoms with E-state index in [0.717, 1.165) is 18.2 Å². The first kappa shape index (κ1) is 27.6. The van der Waals surface area contributed by atoms with Crippen molar-refractivity contribution in [3.63, 3.8) is 0 Å². The van der Waals surface area contributed by atoms with Crippen molar-refractivity contribution in [3.05, 3.63) is 48.5 Å². The molecule has 0 aromatic heterocycles. The van der Waals surface area contributed by atoms with Gasteiger partial charge in [-0.25, -0.2) is 8.42 Å². The lowest BCUT2D eigenvalue weighted by Gasteiger charge is -2.08. The highest BCUT2D eigenvalue weighted by Crippen LogP contribution is 2.31. The third-order valence-corrected chi connectivity index (χ3v) is 5.54. The lowest BCUT2D eigenvalue weighted by molar-refractivity contribution is 0.454. The Labute approximate surface area is 190 Å². The van der Waals surface area contributed by atoms with Gasteiger partial charge in [-0.15, -0.1) is 24.8 Å². The van der Waals surface area contributed by atoms with Crippen molar-refractivity contribution >= 4 is 57.4 Å². The predicted octanol–water partition coefficient (Wildman–Crippen LogP) is 2.20. The maximum absolute atomic E-state index is 12.3. The van der Waals surface area contributed by atoms with Gasteiger partial charge < -0.3 is 43.4 Å². The highest BCUT2D eigenvalue weighted by atomic mass is 35.5. The minimum atomic E-state index is -3.80. The molecule has 0 atom stereocenters. The maximum atomic E-state index is 12.3. The SMILES string of the molecule is Cl.Cl.Nc1cc(N)c(O)cc1O.Nc1cc(S(=O)(=O)c2ccc(O)c(N)c2)ccc1O. The number of anilines is 4. The van der Waals surface area contributed by atoms with Gasteiger partial charge in [-0.2, -0.15) is 0 Å². The Morgan fingerprint density at radius 3 is 1.13 bits per heavy atom. The second kappa shape index (κ2) is 10.6. The molecule has 0 saturated carbocycles. The number of hydrogen-bond donors (Lipinski definition) is 8. The van der Waals surface area contributed by atoms with E-state index in [1.165, 1.54) is 30.3 Å². The monoisotopic (exact) mass is 492 g/mol. The minimum Gasteiger partial charge on any atom is -0.506 e. The van der Waals surface area contributed by atoms with Gasteiger partial charge in [0.2, 0.25) is 9.84 Å². The van der Waals surface area contributed by atoms with Crippen molar-refractivity contribution < 1.29 is 28.8 Å². The van der Waals surface area contributed by atoms with Gasteiger partial charge in [0.15, 0.2) is 0 Å². The first-order valence-corrected chi connectivity index (χ1v) is 9.40. The van der Waals surface area contributed by atoms with Crippen LogP contribution in [0.2, 0.25) is 0 Å². The fraction of sp³-hybridized carbons (Fsp3) is 0. The van der Waals surface area contributed by atoms with E-state index in [1.54, 1.807) is 0 Å². The number of nitrogens with two attached hydrogens (primary N) is 4. The average molecular weight is 493 g/mol. The van der Waals surface area contributed by atoms with E-state index in [1.807, 2.05) is 0 Å². The molecule has 3 aromatic carbocycles. The molecule has 0 saturated heterocycles. The van der Waals surface area contributed by atoms with Crippen LogP contribution in [0.5, 0.6) is 23.0 Å². The number of halogens is 2. The van der Waals surface area contributed by atoms with E-state index in [9.17, 15) is 18.6 Å². The molecule has 170 valence electrons. The molecule has 13 heteroatoms. The Bertz CT molecular complexity index is 1070. The van der Waals surface area contributed by atoms with Crippen molar-refractivity contribution in [1.29, 1.82) is 0 Å². The molecule has 31 heavy (non-hydrogen) atoms. The summed E-state index contributed by atoms with van der Waals surface area (Å²) < 4.78 is 24.6. The summed E-state index contributed by atoms with van der Waals surface area (Å²) in [4.78, 5) is -0.124. The molecule has 0 amide bonds. The van der Waals surface area contributed by atoms with Crippen molar-refractivity contribution in [3.8, 4) is 23.0 Å². The third kappa shape index (κ3) is 6.28. The molecule has 0 spiro atoms. The molecule has 3 rings (SSSR count). The Balaban J connectivity index is 0.000000643. The van der Waals surface area contributed by atoms with Gasteiger partial charge in [0.25, 0.3) is 0 Å². The summed E-state index contributed by atoms with van der Waals surface area (Å²) in [6.07, 6.45) is 0. The van der Waals surface area contributed by atoms with E-state index in [0.29, 0.717) is 0 Å². The number of benzene rings is 3. The summed E-state index contributed by atoms with van der Waals surface area (Å²) in [6, 6.07) is 9.60. The molecule has 12 N–H and O–H groups in total. The van der Waals surface area contributed by atoms with Crippen molar-refractivity contribution in [1.82, 2.24) is 0 Å². The smallest absolute Gasteiger partial charge is 0.206 e. The predicted molar refractivity (Wildman–Crippen MR) is 124 cm³/mol. The van der Waals surface area contributed by atoms with Crippen LogP contribution in [0.25, 0.3) is 0 Å². The summed E-state index contributed by atoms with van der Waals surface area (Å²) >= 11 is 0. The zero-order chi connectivity index (χ0) is 21.9. The molecular formula is C18H22Cl2N4O6S. The summed E-state index contributed by atoms with van der Waals surface area (Å²) in [5, 5.41) is 36.3. The Hall–Kier alpha value is -3.41. The molecule has 0 unspecified atom stereocenters. The van der Waals surface area contributed by atoms with Crippen LogP contribution in [-0.2, 0) is 9.84 Å². The number of rotatable bonds is 2. The van der Waals surface area contributed by atoms with E-state index < -0.39 is 9.84 Å². The first-order valence-electron chi connectivity index (χ1n) is 7.92. The van der Waals surface area contributed by atoms with Crippen LogP contribution in [0.3, 0.4) is 0 Å². The van der Waals surface area contributed by atoms with Crippen LogP contribution >= 0.6 is 24.8 Å². The number of nitrogen functional groups attached to an aromatic ring is 4. The molecular weight excluding hydrogens is 471 g/mol. The Morgan fingerprint density at radius 2 is 0.839 bits per heavy atom. The largest absolute Gasteiger partial charge is 0.506 e. The summed E-state index contributed by atoms with van der Waals surface area (Å²) in [5.41, 5.74) is 21.7. The number of sulfone groups is 1. The van der Waals surface area contributed by atoms with Crippen molar-refractivity contribution in [2.24, 2.45) is 0 Å².